The van der Waals surface area contributed by atoms with E-state index in [2.05, 4.69) is 5.32 Å². The lowest BCUT2D eigenvalue weighted by molar-refractivity contribution is -0.139. The number of carbonyl (C=O) groups excluding carboxylic acids is 1. The molecule has 1 amide bonds. The summed E-state index contributed by atoms with van der Waals surface area (Å²) in [5.74, 6) is -0.0791. The van der Waals surface area contributed by atoms with Crippen LogP contribution in [0, 0.1) is 0 Å². The quantitative estimate of drug-likeness (QED) is 0.865. The third-order valence-electron chi connectivity index (χ3n) is 4.65. The van der Waals surface area contributed by atoms with Crippen molar-refractivity contribution in [2.45, 2.75) is 37.3 Å². The van der Waals surface area contributed by atoms with Crippen molar-refractivity contribution < 1.29 is 18.0 Å². The van der Waals surface area contributed by atoms with Gasteiger partial charge < -0.3 is 10.2 Å². The van der Waals surface area contributed by atoms with Crippen molar-refractivity contribution in [3.8, 4) is 0 Å². The van der Waals surface area contributed by atoms with E-state index in [4.69, 9.17) is 0 Å². The van der Waals surface area contributed by atoms with Gasteiger partial charge >= 0.3 is 6.18 Å². The Bertz CT molecular complexity index is 557. The summed E-state index contributed by atoms with van der Waals surface area (Å²) in [7, 11) is 3.52. The molecule has 1 fully saturated rings. The van der Waals surface area contributed by atoms with E-state index in [1.54, 1.807) is 25.1 Å². The van der Waals surface area contributed by atoms with Gasteiger partial charge in [-0.25, -0.2) is 0 Å². The second-order valence-corrected chi connectivity index (χ2v) is 6.20. The van der Waals surface area contributed by atoms with E-state index in [-0.39, 0.29) is 18.3 Å². The Morgan fingerprint density at radius 2 is 1.92 bits per heavy atom. The van der Waals surface area contributed by atoms with Crippen LogP contribution in [0.5, 0.6) is 0 Å². The van der Waals surface area contributed by atoms with Gasteiger partial charge in [0.15, 0.2) is 0 Å². The zero-order chi connectivity index (χ0) is 17.1. The van der Waals surface area contributed by atoms with Gasteiger partial charge in [-0.1, -0.05) is 31.0 Å². The van der Waals surface area contributed by atoms with Gasteiger partial charge in [0.25, 0.3) is 0 Å². The second kappa shape index (κ2) is 8.21. The van der Waals surface area contributed by atoms with Gasteiger partial charge in [-0.3, -0.25) is 4.79 Å². The number of rotatable bonds is 5. The lowest BCUT2D eigenvalue weighted by Crippen LogP contribution is -2.45. The molecule has 1 aliphatic rings. The van der Waals surface area contributed by atoms with Crippen LogP contribution in [0.4, 0.5) is 13.2 Å². The van der Waals surface area contributed by atoms with Crippen molar-refractivity contribution in [2.24, 2.45) is 0 Å². The molecule has 0 saturated heterocycles. The molecule has 0 bridgehead atoms. The van der Waals surface area contributed by atoms with Crippen molar-refractivity contribution in [1.82, 2.24) is 10.2 Å². The third-order valence-corrected chi connectivity index (χ3v) is 4.65. The molecule has 0 heterocycles. The van der Waals surface area contributed by atoms with Gasteiger partial charge in [0, 0.05) is 20.1 Å². The van der Waals surface area contributed by atoms with Gasteiger partial charge in [0.2, 0.25) is 5.91 Å². The number of hydrogen-bond donors (Lipinski definition) is 1. The molecule has 0 aromatic heterocycles. The highest BCUT2D eigenvalue weighted by Gasteiger charge is 2.45. The molecule has 3 nitrogen and oxygen atoms in total. The Hall–Kier alpha value is -1.27. The maximum atomic E-state index is 13.0. The average molecular weight is 365 g/mol. The zero-order valence-electron chi connectivity index (χ0n) is 13.9. The number of carbonyl (C=O) groups is 1. The van der Waals surface area contributed by atoms with E-state index >= 15 is 0 Å². The maximum absolute atomic E-state index is 13.0. The molecule has 0 radical (unpaired) electrons. The van der Waals surface area contributed by atoms with Crippen molar-refractivity contribution in [2.75, 3.05) is 27.2 Å². The predicted octanol–water partition coefficient (Wildman–Crippen LogP) is 3.62. The van der Waals surface area contributed by atoms with E-state index in [1.807, 2.05) is 0 Å². The predicted molar refractivity (Wildman–Crippen MR) is 90.4 cm³/mol. The average Bonchev–Trinajstić information content (AvgIpc) is 3.02. The van der Waals surface area contributed by atoms with Crippen LogP contribution in [0.3, 0.4) is 0 Å². The Labute approximate surface area is 147 Å². The molecule has 136 valence electrons. The normalized spacial score (nSPS) is 16.5. The molecule has 0 unspecified atom stereocenters. The fourth-order valence-electron chi connectivity index (χ4n) is 3.34. The molecule has 2 rings (SSSR count). The minimum absolute atomic E-state index is 0. The highest BCUT2D eigenvalue weighted by molar-refractivity contribution is 5.88. The minimum atomic E-state index is -4.39. The summed E-state index contributed by atoms with van der Waals surface area (Å²) in [6, 6.07) is 5.26. The third kappa shape index (κ3) is 4.22. The van der Waals surface area contributed by atoms with Crippen LogP contribution in [0.15, 0.2) is 24.3 Å². The summed E-state index contributed by atoms with van der Waals surface area (Å²) in [6.45, 7) is 1.19. The van der Waals surface area contributed by atoms with Gasteiger partial charge in [-0.05, 0) is 31.5 Å². The fraction of sp³-hybridized carbons (Fsp3) is 0.588. The number of hydrogen-bond acceptors (Lipinski definition) is 2. The molecule has 1 aromatic carbocycles. The Morgan fingerprint density at radius 1 is 1.29 bits per heavy atom. The SMILES string of the molecule is CNCCN(C)C(=O)C1(c2cccc(C(F)(F)F)c2)CCCC1.Cl. The molecular formula is C17H24ClF3N2O. The molecule has 0 atom stereocenters. The first-order valence-electron chi connectivity index (χ1n) is 7.89. The lowest BCUT2D eigenvalue weighted by atomic mass is 9.77. The molecular weight excluding hydrogens is 341 g/mol. The maximum Gasteiger partial charge on any atom is 0.416 e. The number of amides is 1. The van der Waals surface area contributed by atoms with E-state index in [0.29, 0.717) is 31.5 Å². The zero-order valence-corrected chi connectivity index (χ0v) is 14.8. The topological polar surface area (TPSA) is 32.3 Å². The van der Waals surface area contributed by atoms with Crippen molar-refractivity contribution >= 4 is 18.3 Å². The molecule has 1 N–H and O–H groups in total. The Balaban J connectivity index is 0.00000288. The van der Waals surface area contributed by atoms with Gasteiger partial charge in [0.05, 0.1) is 11.0 Å². The van der Waals surface area contributed by atoms with Gasteiger partial charge in [-0.15, -0.1) is 12.4 Å². The van der Waals surface area contributed by atoms with Crippen LogP contribution in [0.25, 0.3) is 0 Å². The van der Waals surface area contributed by atoms with Crippen LogP contribution < -0.4 is 5.32 Å². The van der Waals surface area contributed by atoms with Crippen molar-refractivity contribution in [3.05, 3.63) is 35.4 Å². The highest BCUT2D eigenvalue weighted by Crippen LogP contribution is 2.43. The molecule has 24 heavy (non-hydrogen) atoms. The van der Waals surface area contributed by atoms with E-state index in [0.717, 1.165) is 25.0 Å². The van der Waals surface area contributed by atoms with Crippen LogP contribution in [-0.4, -0.2) is 38.0 Å². The fourth-order valence-corrected chi connectivity index (χ4v) is 3.34. The summed E-state index contributed by atoms with van der Waals surface area (Å²) >= 11 is 0. The summed E-state index contributed by atoms with van der Waals surface area (Å²) in [6.07, 6.45) is -1.45. The number of alkyl halides is 3. The molecule has 0 aliphatic heterocycles. The van der Waals surface area contributed by atoms with Crippen LogP contribution in [-0.2, 0) is 16.4 Å². The van der Waals surface area contributed by atoms with Crippen LogP contribution in [0.2, 0.25) is 0 Å². The van der Waals surface area contributed by atoms with Crippen molar-refractivity contribution in [3.63, 3.8) is 0 Å². The molecule has 1 aliphatic carbocycles. The first-order valence-corrected chi connectivity index (χ1v) is 7.89. The van der Waals surface area contributed by atoms with Gasteiger partial charge in [-0.2, -0.15) is 13.2 Å². The number of likely N-dealkylation sites (N-methyl/N-ethyl adjacent to an activating group) is 2. The standard InChI is InChI=1S/C17H23F3N2O.ClH/c1-21-10-11-22(2)15(23)16(8-3-4-9-16)13-6-5-7-14(12-13)17(18,19)20;/h5-7,12,21H,3-4,8-11H2,1-2H3;1H. The summed E-state index contributed by atoms with van der Waals surface area (Å²) in [5, 5.41) is 2.98. The van der Waals surface area contributed by atoms with E-state index in [9.17, 15) is 18.0 Å². The van der Waals surface area contributed by atoms with E-state index < -0.39 is 17.2 Å². The van der Waals surface area contributed by atoms with Crippen molar-refractivity contribution in [1.29, 1.82) is 0 Å². The molecule has 1 saturated carbocycles. The van der Waals surface area contributed by atoms with Crippen LogP contribution >= 0.6 is 12.4 Å². The lowest BCUT2D eigenvalue weighted by Gasteiger charge is -2.33. The summed E-state index contributed by atoms with van der Waals surface area (Å²) in [5.41, 5.74) is -1.01. The summed E-state index contributed by atoms with van der Waals surface area (Å²) in [4.78, 5) is 14.6. The van der Waals surface area contributed by atoms with Gasteiger partial charge in [0.1, 0.15) is 0 Å². The monoisotopic (exact) mass is 364 g/mol. The van der Waals surface area contributed by atoms with Crippen LogP contribution in [0.1, 0.15) is 36.8 Å². The first kappa shape index (κ1) is 20.8. The smallest absolute Gasteiger partial charge is 0.344 e. The number of nitrogens with zero attached hydrogens (tertiary/aromatic N) is 1. The molecule has 1 aromatic rings. The van der Waals surface area contributed by atoms with E-state index in [1.165, 1.54) is 6.07 Å². The Morgan fingerprint density at radius 3 is 2.46 bits per heavy atom. The highest BCUT2D eigenvalue weighted by atomic mass is 35.5. The molecule has 7 heteroatoms. The number of halogens is 4. The Kier molecular flexibility index (Phi) is 7.10. The number of nitrogens with one attached hydrogen (secondary N) is 1. The first-order chi connectivity index (χ1) is 10.8. The summed E-state index contributed by atoms with van der Waals surface area (Å²) < 4.78 is 39.0. The second-order valence-electron chi connectivity index (χ2n) is 6.20. The minimum Gasteiger partial charge on any atom is -0.344 e. The number of benzene rings is 1. The largest absolute Gasteiger partial charge is 0.416 e. The molecule has 0 spiro atoms.